The lowest BCUT2D eigenvalue weighted by Crippen LogP contribution is -2.49. The van der Waals surface area contributed by atoms with Crippen molar-refractivity contribution in [3.8, 4) is 5.88 Å². The number of aliphatic carboxylic acids is 1. The minimum Gasteiger partial charge on any atom is -0.479 e. The number of para-hydroxylation sites is 1. The lowest BCUT2D eigenvalue weighted by atomic mass is 9.85. The molecule has 1 unspecified atom stereocenters. The van der Waals surface area contributed by atoms with Crippen LogP contribution in [-0.4, -0.2) is 63.9 Å². The zero-order valence-corrected chi connectivity index (χ0v) is 18.3. The zero-order chi connectivity index (χ0) is 22.1. The molecule has 0 spiro atoms. The molecule has 0 aliphatic carbocycles. The van der Waals surface area contributed by atoms with Gasteiger partial charge in [-0.1, -0.05) is 39.0 Å². The van der Waals surface area contributed by atoms with Gasteiger partial charge in [-0.3, -0.25) is 4.79 Å². The Morgan fingerprint density at radius 3 is 2.37 bits per heavy atom. The highest BCUT2D eigenvalue weighted by Gasteiger charge is 2.28. The minimum absolute atomic E-state index is 0.0427. The summed E-state index contributed by atoms with van der Waals surface area (Å²) in [5, 5.41) is 13.2. The molecular formula is C22H30N4O4. The highest BCUT2D eigenvalue weighted by atomic mass is 16.5. The van der Waals surface area contributed by atoms with Crippen molar-refractivity contribution in [3.63, 3.8) is 0 Å². The van der Waals surface area contributed by atoms with E-state index in [0.29, 0.717) is 13.1 Å². The van der Waals surface area contributed by atoms with E-state index in [4.69, 9.17) is 9.84 Å². The SMILES string of the molecule is CC(Oc1cc(C(=O)N2CCN(c3ccccc3C(C)(C)C)CC2)nn1C)C(=O)O. The van der Waals surface area contributed by atoms with Crippen molar-refractivity contribution in [2.45, 2.75) is 39.2 Å². The number of nitrogens with zero attached hydrogens (tertiary/aromatic N) is 4. The summed E-state index contributed by atoms with van der Waals surface area (Å²) >= 11 is 0. The number of hydrogen-bond donors (Lipinski definition) is 1. The third kappa shape index (κ3) is 4.58. The summed E-state index contributed by atoms with van der Waals surface area (Å²) in [6.07, 6.45) is -1.02. The molecule has 8 heteroatoms. The predicted octanol–water partition coefficient (Wildman–Crippen LogP) is 2.53. The van der Waals surface area contributed by atoms with Gasteiger partial charge in [-0.25, -0.2) is 9.48 Å². The first-order valence-corrected chi connectivity index (χ1v) is 10.1. The zero-order valence-electron chi connectivity index (χ0n) is 18.3. The molecule has 1 aliphatic rings. The molecular weight excluding hydrogens is 384 g/mol. The second kappa shape index (κ2) is 8.38. The Bertz CT molecular complexity index is 923. The normalized spacial score (nSPS) is 15.8. The molecule has 0 bridgehead atoms. The molecule has 162 valence electrons. The first-order valence-electron chi connectivity index (χ1n) is 10.1. The van der Waals surface area contributed by atoms with E-state index in [1.54, 1.807) is 11.9 Å². The van der Waals surface area contributed by atoms with Crippen molar-refractivity contribution >= 4 is 17.6 Å². The molecule has 30 heavy (non-hydrogen) atoms. The Labute approximate surface area is 177 Å². The van der Waals surface area contributed by atoms with E-state index >= 15 is 0 Å². The van der Waals surface area contributed by atoms with Crippen molar-refractivity contribution in [1.82, 2.24) is 14.7 Å². The number of carbonyl (C=O) groups is 2. The van der Waals surface area contributed by atoms with Crippen molar-refractivity contribution in [2.24, 2.45) is 7.05 Å². The molecule has 1 fully saturated rings. The highest BCUT2D eigenvalue weighted by Crippen LogP contribution is 2.32. The standard InChI is InChI=1S/C22H30N4O4/c1-15(21(28)29)30-19-14-17(23-24(19)5)20(27)26-12-10-25(11-13-26)18-9-7-6-8-16(18)22(2,3)4/h6-9,14-15H,10-13H2,1-5H3,(H,28,29). The van der Waals surface area contributed by atoms with Crippen molar-refractivity contribution in [3.05, 3.63) is 41.6 Å². The van der Waals surface area contributed by atoms with Crippen LogP contribution in [0.5, 0.6) is 5.88 Å². The number of hydrogen-bond acceptors (Lipinski definition) is 5. The fourth-order valence-electron chi connectivity index (χ4n) is 3.59. The van der Waals surface area contributed by atoms with E-state index in [0.717, 1.165) is 13.1 Å². The molecule has 3 rings (SSSR count). The lowest BCUT2D eigenvalue weighted by molar-refractivity contribution is -0.144. The first kappa shape index (κ1) is 21.7. The molecule has 1 aromatic heterocycles. The van der Waals surface area contributed by atoms with Gasteiger partial charge in [-0.15, -0.1) is 0 Å². The van der Waals surface area contributed by atoms with E-state index in [9.17, 15) is 9.59 Å². The van der Waals surface area contributed by atoms with Gasteiger partial charge < -0.3 is 19.6 Å². The maximum absolute atomic E-state index is 12.9. The van der Waals surface area contributed by atoms with Crippen LogP contribution in [0.4, 0.5) is 5.69 Å². The Morgan fingerprint density at radius 1 is 1.13 bits per heavy atom. The summed E-state index contributed by atoms with van der Waals surface area (Å²) in [6.45, 7) is 10.7. The maximum atomic E-state index is 12.9. The van der Waals surface area contributed by atoms with Gasteiger partial charge in [0.05, 0.1) is 0 Å². The molecule has 0 saturated carbocycles. The molecule has 1 aromatic carbocycles. The van der Waals surface area contributed by atoms with E-state index in [1.807, 2.05) is 0 Å². The fourth-order valence-corrected chi connectivity index (χ4v) is 3.59. The number of ether oxygens (including phenoxy) is 1. The number of rotatable bonds is 5. The number of anilines is 1. The number of piperazine rings is 1. The van der Waals surface area contributed by atoms with Crippen LogP contribution in [0.25, 0.3) is 0 Å². The first-order chi connectivity index (χ1) is 14.1. The van der Waals surface area contributed by atoms with Gasteiger partial charge in [0.2, 0.25) is 5.88 Å². The highest BCUT2D eigenvalue weighted by molar-refractivity contribution is 5.92. The topological polar surface area (TPSA) is 87.9 Å². The average molecular weight is 415 g/mol. The van der Waals surface area contributed by atoms with Crippen molar-refractivity contribution in [1.29, 1.82) is 0 Å². The lowest BCUT2D eigenvalue weighted by Gasteiger charge is -2.38. The Kier molecular flexibility index (Phi) is 6.05. The quantitative estimate of drug-likeness (QED) is 0.809. The summed E-state index contributed by atoms with van der Waals surface area (Å²) in [5.41, 5.74) is 2.81. The van der Waals surface area contributed by atoms with Crippen LogP contribution >= 0.6 is 0 Å². The van der Waals surface area contributed by atoms with Crippen molar-refractivity contribution < 1.29 is 19.4 Å². The van der Waals surface area contributed by atoms with Gasteiger partial charge in [0.25, 0.3) is 5.91 Å². The molecule has 2 heterocycles. The molecule has 1 saturated heterocycles. The second-order valence-corrected chi connectivity index (χ2v) is 8.64. The molecule has 0 radical (unpaired) electrons. The minimum atomic E-state index is -1.07. The van der Waals surface area contributed by atoms with Gasteiger partial charge in [0, 0.05) is 45.0 Å². The second-order valence-electron chi connectivity index (χ2n) is 8.64. The largest absolute Gasteiger partial charge is 0.479 e. The summed E-state index contributed by atoms with van der Waals surface area (Å²) in [5.74, 6) is -0.992. The van der Waals surface area contributed by atoms with E-state index in [2.05, 4.69) is 55.0 Å². The number of benzene rings is 1. The summed E-state index contributed by atoms with van der Waals surface area (Å²) < 4.78 is 6.76. The average Bonchev–Trinajstić information content (AvgIpc) is 3.07. The predicted molar refractivity (Wildman–Crippen MR) is 114 cm³/mol. The number of aryl methyl sites for hydroxylation is 1. The number of amides is 1. The molecule has 8 nitrogen and oxygen atoms in total. The Hall–Kier alpha value is -3.03. The number of aromatic nitrogens is 2. The number of carbonyl (C=O) groups excluding carboxylic acids is 1. The smallest absolute Gasteiger partial charge is 0.344 e. The van der Waals surface area contributed by atoms with Crippen LogP contribution in [0.2, 0.25) is 0 Å². The monoisotopic (exact) mass is 414 g/mol. The van der Waals surface area contributed by atoms with Gasteiger partial charge >= 0.3 is 5.97 Å². The third-order valence-corrected chi connectivity index (χ3v) is 5.32. The van der Waals surface area contributed by atoms with Gasteiger partial charge in [-0.2, -0.15) is 5.10 Å². The summed E-state index contributed by atoms with van der Waals surface area (Å²) in [4.78, 5) is 28.0. The molecule has 1 N–H and O–H groups in total. The number of carboxylic acids is 1. The Balaban J connectivity index is 1.68. The Morgan fingerprint density at radius 2 is 1.77 bits per heavy atom. The van der Waals surface area contributed by atoms with E-state index < -0.39 is 12.1 Å². The van der Waals surface area contributed by atoms with Crippen LogP contribution in [0.1, 0.15) is 43.7 Å². The van der Waals surface area contributed by atoms with E-state index in [1.165, 1.54) is 28.9 Å². The molecule has 1 atom stereocenters. The fraction of sp³-hybridized carbons (Fsp3) is 0.500. The molecule has 1 amide bonds. The van der Waals surface area contributed by atoms with Gasteiger partial charge in [0.15, 0.2) is 11.8 Å². The number of carboxylic acid groups (broad SMARTS) is 1. The van der Waals surface area contributed by atoms with Gasteiger partial charge in [0.1, 0.15) is 0 Å². The van der Waals surface area contributed by atoms with Crippen LogP contribution in [-0.2, 0) is 17.3 Å². The molecule has 2 aromatic rings. The maximum Gasteiger partial charge on any atom is 0.344 e. The van der Waals surface area contributed by atoms with Crippen LogP contribution in [0.15, 0.2) is 30.3 Å². The summed E-state index contributed by atoms with van der Waals surface area (Å²) in [7, 11) is 1.63. The van der Waals surface area contributed by atoms with Gasteiger partial charge in [-0.05, 0) is 24.0 Å². The van der Waals surface area contributed by atoms with Crippen LogP contribution in [0, 0.1) is 0 Å². The molecule has 1 aliphatic heterocycles. The third-order valence-electron chi connectivity index (χ3n) is 5.32. The van der Waals surface area contributed by atoms with Crippen LogP contribution in [0.3, 0.4) is 0 Å². The summed E-state index contributed by atoms with van der Waals surface area (Å²) in [6, 6.07) is 9.93. The van der Waals surface area contributed by atoms with Crippen molar-refractivity contribution in [2.75, 3.05) is 31.1 Å². The van der Waals surface area contributed by atoms with E-state index in [-0.39, 0.29) is 22.9 Å². The van der Waals surface area contributed by atoms with Crippen LogP contribution < -0.4 is 9.64 Å².